The van der Waals surface area contributed by atoms with Crippen LogP contribution in [-0.2, 0) is 6.42 Å². The van der Waals surface area contributed by atoms with Crippen LogP contribution in [0.3, 0.4) is 0 Å². The molecule has 0 unspecified atom stereocenters. The van der Waals surface area contributed by atoms with E-state index in [1.807, 2.05) is 6.92 Å². The van der Waals surface area contributed by atoms with Gasteiger partial charge in [0.05, 0.1) is 10.5 Å². The summed E-state index contributed by atoms with van der Waals surface area (Å²) in [6.07, 6.45) is 0.987. The zero-order valence-electron chi connectivity index (χ0n) is 10.8. The van der Waals surface area contributed by atoms with Crippen LogP contribution < -0.4 is 0 Å². The van der Waals surface area contributed by atoms with E-state index in [0.29, 0.717) is 5.92 Å². The van der Waals surface area contributed by atoms with Crippen LogP contribution in [0.25, 0.3) is 10.9 Å². The summed E-state index contributed by atoms with van der Waals surface area (Å²) in [4.78, 5) is 4.74. The number of aryl methyl sites for hydroxylation is 2. The molecule has 1 nitrogen and oxygen atoms in total. The molecule has 0 aliphatic rings. The average molecular weight is 248 g/mol. The largest absolute Gasteiger partial charge is 0.252 e. The van der Waals surface area contributed by atoms with E-state index >= 15 is 0 Å². The van der Waals surface area contributed by atoms with Crippen LogP contribution >= 0.6 is 11.6 Å². The molecule has 1 heterocycles. The van der Waals surface area contributed by atoms with E-state index in [9.17, 15) is 0 Å². The van der Waals surface area contributed by atoms with Gasteiger partial charge >= 0.3 is 0 Å². The maximum atomic E-state index is 6.53. The van der Waals surface area contributed by atoms with Crippen molar-refractivity contribution in [3.05, 3.63) is 40.0 Å². The first-order valence-corrected chi connectivity index (χ1v) is 6.51. The van der Waals surface area contributed by atoms with Gasteiger partial charge in [-0.05, 0) is 30.4 Å². The quantitative estimate of drug-likeness (QED) is 0.737. The molecule has 0 spiro atoms. The Labute approximate surface area is 108 Å². The first-order chi connectivity index (χ1) is 8.06. The Balaban J connectivity index is 2.85. The molecule has 1 aromatic carbocycles. The van der Waals surface area contributed by atoms with Gasteiger partial charge in [-0.1, -0.05) is 50.6 Å². The van der Waals surface area contributed by atoms with E-state index in [0.717, 1.165) is 28.0 Å². The van der Waals surface area contributed by atoms with Crippen LogP contribution in [0.1, 0.15) is 43.5 Å². The maximum absolute atomic E-state index is 6.53. The van der Waals surface area contributed by atoms with Gasteiger partial charge in [0.1, 0.15) is 0 Å². The lowest BCUT2D eigenvalue weighted by Gasteiger charge is -2.15. The summed E-state index contributed by atoms with van der Waals surface area (Å²) in [5.74, 6) is 0.407. The molecule has 1 aromatic heterocycles. The second-order valence-corrected chi connectivity index (χ2v) is 5.12. The molecule has 2 heteroatoms. The highest BCUT2D eigenvalue weighted by atomic mass is 35.5. The summed E-state index contributed by atoms with van der Waals surface area (Å²) in [7, 11) is 0. The number of fused-ring (bicyclic) bond motifs is 1. The van der Waals surface area contributed by atoms with Crippen molar-refractivity contribution >= 4 is 22.5 Å². The predicted molar refractivity (Wildman–Crippen MR) is 75.0 cm³/mol. The molecule has 2 rings (SSSR count). The van der Waals surface area contributed by atoms with Crippen molar-refractivity contribution in [2.75, 3.05) is 0 Å². The van der Waals surface area contributed by atoms with Crippen molar-refractivity contribution in [2.24, 2.45) is 0 Å². The second kappa shape index (κ2) is 4.66. The number of halogens is 1. The highest BCUT2D eigenvalue weighted by Gasteiger charge is 2.14. The van der Waals surface area contributed by atoms with Crippen molar-refractivity contribution in [3.8, 4) is 0 Å². The van der Waals surface area contributed by atoms with Gasteiger partial charge in [0.15, 0.2) is 0 Å². The monoisotopic (exact) mass is 247 g/mol. The van der Waals surface area contributed by atoms with Gasteiger partial charge in [-0.15, -0.1) is 0 Å². The molecule has 0 atom stereocenters. The van der Waals surface area contributed by atoms with E-state index in [1.165, 1.54) is 11.1 Å². The van der Waals surface area contributed by atoms with E-state index in [1.54, 1.807) is 0 Å². The summed E-state index contributed by atoms with van der Waals surface area (Å²) < 4.78 is 0. The van der Waals surface area contributed by atoms with E-state index in [4.69, 9.17) is 16.6 Å². The predicted octanol–water partition coefficient (Wildman–Crippen LogP) is 4.88. The van der Waals surface area contributed by atoms with Gasteiger partial charge in [0.2, 0.25) is 0 Å². The molecular formula is C15H18ClN. The number of benzene rings is 1. The Morgan fingerprint density at radius 2 is 2.00 bits per heavy atom. The molecule has 0 amide bonds. The zero-order chi connectivity index (χ0) is 12.6. The third-order valence-electron chi connectivity index (χ3n) is 3.22. The summed E-state index contributed by atoms with van der Waals surface area (Å²) in [6.45, 7) is 8.51. The number of aromatic nitrogens is 1. The Morgan fingerprint density at radius 3 is 2.59 bits per heavy atom. The molecule has 2 aromatic rings. The molecule has 0 saturated carbocycles. The molecule has 0 aliphatic heterocycles. The second-order valence-electron chi connectivity index (χ2n) is 4.75. The summed E-state index contributed by atoms with van der Waals surface area (Å²) >= 11 is 6.53. The fourth-order valence-corrected chi connectivity index (χ4v) is 2.90. The zero-order valence-corrected chi connectivity index (χ0v) is 11.6. The van der Waals surface area contributed by atoms with Gasteiger partial charge in [0.25, 0.3) is 0 Å². The first-order valence-electron chi connectivity index (χ1n) is 6.13. The smallest absolute Gasteiger partial charge is 0.0752 e. The lowest BCUT2D eigenvalue weighted by Crippen LogP contribution is -1.99. The third-order valence-corrected chi connectivity index (χ3v) is 3.63. The minimum atomic E-state index is 0.407. The normalized spacial score (nSPS) is 11.4. The highest BCUT2D eigenvalue weighted by Crippen LogP contribution is 2.34. The molecular weight excluding hydrogens is 230 g/mol. The van der Waals surface area contributed by atoms with E-state index < -0.39 is 0 Å². The van der Waals surface area contributed by atoms with Crippen LogP contribution in [-0.4, -0.2) is 4.98 Å². The first kappa shape index (κ1) is 12.4. The van der Waals surface area contributed by atoms with Crippen LogP contribution in [0, 0.1) is 6.92 Å². The van der Waals surface area contributed by atoms with E-state index in [2.05, 4.69) is 39.0 Å². The van der Waals surface area contributed by atoms with Gasteiger partial charge in [-0.3, -0.25) is 4.98 Å². The number of rotatable bonds is 2. The molecule has 0 saturated heterocycles. The van der Waals surface area contributed by atoms with Crippen LogP contribution in [0.15, 0.2) is 18.2 Å². The molecule has 0 bridgehead atoms. The Morgan fingerprint density at radius 1 is 1.29 bits per heavy atom. The minimum absolute atomic E-state index is 0.407. The SMILES string of the molecule is CCc1cccc2c(Cl)c(C(C)C)c(C)nc12. The molecule has 0 aliphatic carbocycles. The van der Waals surface area contributed by atoms with Crippen LogP contribution in [0.2, 0.25) is 5.02 Å². The minimum Gasteiger partial charge on any atom is -0.252 e. The van der Waals surface area contributed by atoms with Crippen molar-refractivity contribution < 1.29 is 0 Å². The molecule has 90 valence electrons. The average Bonchev–Trinajstić information content (AvgIpc) is 2.28. The topological polar surface area (TPSA) is 12.9 Å². The van der Waals surface area contributed by atoms with Crippen molar-refractivity contribution in [1.29, 1.82) is 0 Å². The lowest BCUT2D eigenvalue weighted by atomic mass is 9.98. The maximum Gasteiger partial charge on any atom is 0.0752 e. The van der Waals surface area contributed by atoms with Crippen LogP contribution in [0.5, 0.6) is 0 Å². The van der Waals surface area contributed by atoms with Crippen molar-refractivity contribution in [3.63, 3.8) is 0 Å². The summed E-state index contributed by atoms with van der Waals surface area (Å²) in [6, 6.07) is 6.25. The standard InChI is InChI=1S/C15H18ClN/c1-5-11-7-6-8-12-14(16)13(9(2)3)10(4)17-15(11)12/h6-9H,5H2,1-4H3. The fourth-order valence-electron chi connectivity index (χ4n) is 2.39. The van der Waals surface area contributed by atoms with Gasteiger partial charge in [-0.25, -0.2) is 0 Å². The molecule has 0 N–H and O–H groups in total. The third kappa shape index (κ3) is 2.04. The number of hydrogen-bond donors (Lipinski definition) is 0. The number of pyridine rings is 1. The molecule has 17 heavy (non-hydrogen) atoms. The summed E-state index contributed by atoms with van der Waals surface area (Å²) in [5, 5.41) is 1.96. The fraction of sp³-hybridized carbons (Fsp3) is 0.400. The number of nitrogens with zero attached hydrogens (tertiary/aromatic N) is 1. The summed E-state index contributed by atoms with van der Waals surface area (Å²) in [5.41, 5.74) is 4.55. The lowest BCUT2D eigenvalue weighted by molar-refractivity contribution is 0.847. The Bertz CT molecular complexity index is 558. The Hall–Kier alpha value is -1.08. The highest BCUT2D eigenvalue weighted by molar-refractivity contribution is 6.36. The van der Waals surface area contributed by atoms with Gasteiger partial charge < -0.3 is 0 Å². The number of hydrogen-bond acceptors (Lipinski definition) is 1. The molecule has 0 radical (unpaired) electrons. The number of para-hydroxylation sites is 1. The van der Waals surface area contributed by atoms with Crippen LogP contribution in [0.4, 0.5) is 0 Å². The Kier molecular flexibility index (Phi) is 3.39. The van der Waals surface area contributed by atoms with Gasteiger partial charge in [0, 0.05) is 11.1 Å². The molecule has 0 fully saturated rings. The van der Waals surface area contributed by atoms with Crippen molar-refractivity contribution in [2.45, 2.75) is 40.0 Å². The van der Waals surface area contributed by atoms with Crippen molar-refractivity contribution in [1.82, 2.24) is 4.98 Å². The van der Waals surface area contributed by atoms with E-state index in [-0.39, 0.29) is 0 Å². The van der Waals surface area contributed by atoms with Gasteiger partial charge in [-0.2, -0.15) is 0 Å².